The van der Waals surface area contributed by atoms with E-state index in [-0.39, 0.29) is 12.1 Å². The minimum atomic E-state index is -0.124. The third-order valence-corrected chi connectivity index (χ3v) is 5.47. The number of aryl methyl sites for hydroxylation is 2. The van der Waals surface area contributed by atoms with E-state index in [4.69, 9.17) is 0 Å². The molecule has 0 radical (unpaired) electrons. The molecular formula is C16H27N3OS. The molecule has 1 aliphatic carbocycles. The zero-order chi connectivity index (χ0) is 15.6. The van der Waals surface area contributed by atoms with Crippen molar-refractivity contribution in [3.8, 4) is 0 Å². The zero-order valence-corrected chi connectivity index (χ0v) is 14.5. The molecule has 2 unspecified atom stereocenters. The molecular weight excluding hydrogens is 282 g/mol. The van der Waals surface area contributed by atoms with Gasteiger partial charge in [0.05, 0.1) is 6.61 Å². The van der Waals surface area contributed by atoms with Gasteiger partial charge in [-0.1, -0.05) is 25.6 Å². The van der Waals surface area contributed by atoms with Crippen LogP contribution < -0.4 is 5.32 Å². The number of rotatable bonds is 5. The maximum atomic E-state index is 9.77. The lowest BCUT2D eigenvalue weighted by atomic mass is 9.98. The third kappa shape index (κ3) is 3.96. The van der Waals surface area contributed by atoms with Crippen LogP contribution in [0.5, 0.6) is 0 Å². The lowest BCUT2D eigenvalue weighted by Crippen LogP contribution is -2.49. The second-order valence-corrected chi connectivity index (χ2v) is 7.79. The highest BCUT2D eigenvalue weighted by molar-refractivity contribution is 7.99. The van der Waals surface area contributed by atoms with Crippen LogP contribution in [0.1, 0.15) is 50.1 Å². The molecule has 2 rings (SSSR count). The molecule has 0 aliphatic heterocycles. The third-order valence-electron chi connectivity index (χ3n) is 4.34. The minimum absolute atomic E-state index is 0.124. The first kappa shape index (κ1) is 16.7. The summed E-state index contributed by atoms with van der Waals surface area (Å²) in [5, 5.41) is 14.7. The van der Waals surface area contributed by atoms with Gasteiger partial charge in [-0.3, -0.25) is 0 Å². The summed E-state index contributed by atoms with van der Waals surface area (Å²) in [6.07, 6.45) is 3.09. The molecule has 0 bridgehead atoms. The van der Waals surface area contributed by atoms with Crippen molar-refractivity contribution in [2.45, 2.75) is 75.9 Å². The lowest BCUT2D eigenvalue weighted by Gasteiger charge is -2.31. The number of hydrogen-bond acceptors (Lipinski definition) is 5. The Hall–Kier alpha value is -0.650. The maximum Gasteiger partial charge on any atom is 0.188 e. The average Bonchev–Trinajstić information content (AvgIpc) is 2.78. The molecule has 2 N–H and O–H groups in total. The van der Waals surface area contributed by atoms with Gasteiger partial charge < -0.3 is 10.4 Å². The zero-order valence-electron chi connectivity index (χ0n) is 13.7. The Balaban J connectivity index is 2.05. The quantitative estimate of drug-likeness (QED) is 0.819. The second-order valence-electron chi connectivity index (χ2n) is 6.52. The average molecular weight is 309 g/mol. The Labute approximate surface area is 132 Å². The molecule has 1 aliphatic rings. The molecule has 1 saturated carbocycles. The summed E-state index contributed by atoms with van der Waals surface area (Å²) in [5.74, 6) is 0. The van der Waals surface area contributed by atoms with Gasteiger partial charge >= 0.3 is 0 Å². The van der Waals surface area contributed by atoms with Crippen LogP contribution in [0.25, 0.3) is 0 Å². The van der Waals surface area contributed by atoms with E-state index in [1.807, 2.05) is 13.8 Å². The van der Waals surface area contributed by atoms with Crippen LogP contribution in [0.4, 0.5) is 0 Å². The van der Waals surface area contributed by atoms with Crippen molar-refractivity contribution < 1.29 is 5.11 Å². The van der Waals surface area contributed by atoms with E-state index in [0.717, 1.165) is 35.8 Å². The summed E-state index contributed by atoms with van der Waals surface area (Å²) in [6.45, 7) is 10.6. The SMILES string of the molecule is Cc1nc(SC2CCC(CO)(NC(C)C)C2)nc(C)c1C. The van der Waals surface area contributed by atoms with Crippen LogP contribution >= 0.6 is 11.8 Å². The standard InChI is InChI=1S/C16H27N3OS/c1-10(2)19-16(9-20)7-6-14(8-16)21-15-17-12(4)11(3)13(5)18-15/h10,14,19-20H,6-9H2,1-5H3. The van der Waals surface area contributed by atoms with Crippen LogP contribution in [0.3, 0.4) is 0 Å². The van der Waals surface area contributed by atoms with Gasteiger partial charge in [-0.25, -0.2) is 9.97 Å². The number of aromatic nitrogens is 2. The van der Waals surface area contributed by atoms with Crippen molar-refractivity contribution in [1.29, 1.82) is 0 Å². The van der Waals surface area contributed by atoms with Crippen molar-refractivity contribution in [2.24, 2.45) is 0 Å². The van der Waals surface area contributed by atoms with Crippen molar-refractivity contribution >= 4 is 11.8 Å². The topological polar surface area (TPSA) is 58.0 Å². The molecule has 118 valence electrons. The molecule has 5 heteroatoms. The largest absolute Gasteiger partial charge is 0.394 e. The molecule has 4 nitrogen and oxygen atoms in total. The van der Waals surface area contributed by atoms with Crippen molar-refractivity contribution in [3.05, 3.63) is 17.0 Å². The number of nitrogens with zero attached hydrogens (tertiary/aromatic N) is 2. The van der Waals surface area contributed by atoms with E-state index in [1.165, 1.54) is 5.56 Å². The van der Waals surface area contributed by atoms with Gasteiger partial charge in [-0.2, -0.15) is 0 Å². The normalized spacial score (nSPS) is 25.8. The van der Waals surface area contributed by atoms with Gasteiger partial charge in [-0.15, -0.1) is 0 Å². The van der Waals surface area contributed by atoms with Gasteiger partial charge in [-0.05, 0) is 45.6 Å². The van der Waals surface area contributed by atoms with E-state index in [0.29, 0.717) is 11.3 Å². The number of thioether (sulfide) groups is 1. The molecule has 1 heterocycles. The van der Waals surface area contributed by atoms with E-state index >= 15 is 0 Å². The molecule has 0 spiro atoms. The lowest BCUT2D eigenvalue weighted by molar-refractivity contribution is 0.156. The molecule has 1 fully saturated rings. The monoisotopic (exact) mass is 309 g/mol. The Morgan fingerprint density at radius 2 is 1.90 bits per heavy atom. The first-order valence-corrected chi connectivity index (χ1v) is 8.60. The van der Waals surface area contributed by atoms with Crippen LogP contribution in [0, 0.1) is 20.8 Å². The Morgan fingerprint density at radius 1 is 1.29 bits per heavy atom. The van der Waals surface area contributed by atoms with Gasteiger partial charge in [0.2, 0.25) is 0 Å². The first-order valence-electron chi connectivity index (χ1n) is 7.72. The van der Waals surface area contributed by atoms with Gasteiger partial charge in [0.1, 0.15) is 0 Å². The number of aliphatic hydroxyl groups is 1. The Bertz CT molecular complexity index is 483. The summed E-state index contributed by atoms with van der Waals surface area (Å²) in [7, 11) is 0. The molecule has 0 amide bonds. The molecule has 2 atom stereocenters. The second kappa shape index (κ2) is 6.63. The highest BCUT2D eigenvalue weighted by atomic mass is 32.2. The molecule has 0 aromatic carbocycles. The molecule has 0 saturated heterocycles. The molecule has 1 aromatic heterocycles. The number of nitrogens with one attached hydrogen (secondary N) is 1. The van der Waals surface area contributed by atoms with E-state index in [9.17, 15) is 5.11 Å². The van der Waals surface area contributed by atoms with Crippen LogP contribution in [0.2, 0.25) is 0 Å². The van der Waals surface area contributed by atoms with Gasteiger partial charge in [0, 0.05) is 28.2 Å². The highest BCUT2D eigenvalue weighted by Crippen LogP contribution is 2.39. The van der Waals surface area contributed by atoms with Crippen molar-refractivity contribution in [2.75, 3.05) is 6.61 Å². The van der Waals surface area contributed by atoms with Crippen molar-refractivity contribution in [3.63, 3.8) is 0 Å². The summed E-state index contributed by atoms with van der Waals surface area (Å²) in [5.41, 5.74) is 3.19. The molecule has 21 heavy (non-hydrogen) atoms. The van der Waals surface area contributed by atoms with E-state index in [2.05, 4.69) is 36.1 Å². The van der Waals surface area contributed by atoms with Crippen molar-refractivity contribution in [1.82, 2.24) is 15.3 Å². The predicted octanol–water partition coefficient (Wildman–Crippen LogP) is 2.78. The van der Waals surface area contributed by atoms with Crippen LogP contribution in [-0.2, 0) is 0 Å². The smallest absolute Gasteiger partial charge is 0.188 e. The van der Waals surface area contributed by atoms with Gasteiger partial charge in [0.25, 0.3) is 0 Å². The summed E-state index contributed by atoms with van der Waals surface area (Å²) in [6, 6.07) is 0.390. The number of hydrogen-bond donors (Lipinski definition) is 2. The fraction of sp³-hybridized carbons (Fsp3) is 0.750. The van der Waals surface area contributed by atoms with Crippen LogP contribution in [-0.4, -0.2) is 38.5 Å². The van der Waals surface area contributed by atoms with Crippen LogP contribution in [0.15, 0.2) is 5.16 Å². The summed E-state index contributed by atoms with van der Waals surface area (Å²) < 4.78 is 0. The minimum Gasteiger partial charge on any atom is -0.394 e. The maximum absolute atomic E-state index is 9.77. The fourth-order valence-electron chi connectivity index (χ4n) is 3.05. The van der Waals surface area contributed by atoms with E-state index in [1.54, 1.807) is 11.8 Å². The first-order chi connectivity index (χ1) is 9.85. The predicted molar refractivity (Wildman–Crippen MR) is 87.8 cm³/mol. The molecule has 1 aromatic rings. The number of aliphatic hydroxyl groups excluding tert-OH is 1. The Morgan fingerprint density at radius 3 is 2.43 bits per heavy atom. The highest BCUT2D eigenvalue weighted by Gasteiger charge is 2.39. The van der Waals surface area contributed by atoms with E-state index < -0.39 is 0 Å². The fourth-order valence-corrected chi connectivity index (χ4v) is 4.37. The summed E-state index contributed by atoms with van der Waals surface area (Å²) >= 11 is 1.76. The Kier molecular flexibility index (Phi) is 5.28. The summed E-state index contributed by atoms with van der Waals surface area (Å²) in [4.78, 5) is 9.20. The van der Waals surface area contributed by atoms with Gasteiger partial charge in [0.15, 0.2) is 5.16 Å².